The molecular formula is C17H19N3O3. The Bertz CT molecular complexity index is 663. The standard InChI is InChI=1S/C17H19N3O3/c1-22-14-6-2-3-7-15(14)23-17(21)13-5-4-10-20(12-13)16-11-18-8-9-19-16/h2-3,6-9,11,13H,4-5,10,12H2,1H3. The number of hydrogen-bond donors (Lipinski definition) is 0. The minimum absolute atomic E-state index is 0.185. The van der Waals surface area contributed by atoms with Gasteiger partial charge in [-0.25, -0.2) is 4.98 Å². The number of hydrogen-bond acceptors (Lipinski definition) is 6. The third-order valence-electron chi connectivity index (χ3n) is 3.91. The molecule has 0 N–H and O–H groups in total. The predicted octanol–water partition coefficient (Wildman–Crippen LogP) is 2.31. The fourth-order valence-electron chi connectivity index (χ4n) is 2.73. The summed E-state index contributed by atoms with van der Waals surface area (Å²) in [5, 5.41) is 0. The van der Waals surface area contributed by atoms with E-state index in [0.717, 1.165) is 25.2 Å². The van der Waals surface area contributed by atoms with Crippen molar-refractivity contribution >= 4 is 11.8 Å². The van der Waals surface area contributed by atoms with Gasteiger partial charge in [-0.2, -0.15) is 0 Å². The normalized spacial score (nSPS) is 17.6. The second-order valence-electron chi connectivity index (χ2n) is 5.42. The van der Waals surface area contributed by atoms with Crippen LogP contribution >= 0.6 is 0 Å². The second-order valence-corrected chi connectivity index (χ2v) is 5.42. The minimum Gasteiger partial charge on any atom is -0.493 e. The van der Waals surface area contributed by atoms with Gasteiger partial charge >= 0.3 is 5.97 Å². The van der Waals surface area contributed by atoms with E-state index in [9.17, 15) is 4.79 Å². The summed E-state index contributed by atoms with van der Waals surface area (Å²) in [6.45, 7) is 1.46. The molecule has 1 aromatic heterocycles. The largest absolute Gasteiger partial charge is 0.493 e. The van der Waals surface area contributed by atoms with Gasteiger partial charge in [0, 0.05) is 25.5 Å². The summed E-state index contributed by atoms with van der Waals surface area (Å²) in [4.78, 5) is 22.9. The number of aromatic nitrogens is 2. The first kappa shape index (κ1) is 15.3. The molecular weight excluding hydrogens is 294 g/mol. The lowest BCUT2D eigenvalue weighted by molar-refractivity contribution is -0.139. The molecule has 1 aliphatic rings. The summed E-state index contributed by atoms with van der Waals surface area (Å²) in [5.41, 5.74) is 0. The van der Waals surface area contributed by atoms with Gasteiger partial charge in [0.15, 0.2) is 11.5 Å². The molecule has 0 spiro atoms. The van der Waals surface area contributed by atoms with Crippen molar-refractivity contribution in [3.63, 3.8) is 0 Å². The van der Waals surface area contributed by atoms with Crippen molar-refractivity contribution in [2.75, 3.05) is 25.1 Å². The Kier molecular flexibility index (Phi) is 4.71. The third kappa shape index (κ3) is 3.59. The summed E-state index contributed by atoms with van der Waals surface area (Å²) < 4.78 is 10.8. The first-order chi connectivity index (χ1) is 11.3. The number of anilines is 1. The SMILES string of the molecule is COc1ccccc1OC(=O)C1CCCN(c2cnccn2)C1. The van der Waals surface area contributed by atoms with Gasteiger partial charge in [-0.15, -0.1) is 0 Å². The maximum Gasteiger partial charge on any atom is 0.316 e. The summed E-state index contributed by atoms with van der Waals surface area (Å²) in [6, 6.07) is 7.17. The summed E-state index contributed by atoms with van der Waals surface area (Å²) in [5.74, 6) is 1.39. The Hall–Kier alpha value is -2.63. The molecule has 1 aliphatic heterocycles. The lowest BCUT2D eigenvalue weighted by Gasteiger charge is -2.32. The highest BCUT2D eigenvalue weighted by Gasteiger charge is 2.28. The minimum atomic E-state index is -0.233. The van der Waals surface area contributed by atoms with Crippen molar-refractivity contribution in [1.82, 2.24) is 9.97 Å². The van der Waals surface area contributed by atoms with Gasteiger partial charge in [-0.05, 0) is 25.0 Å². The summed E-state index contributed by atoms with van der Waals surface area (Å²) in [6.07, 6.45) is 6.74. The number of para-hydroxylation sites is 2. The van der Waals surface area contributed by atoms with E-state index < -0.39 is 0 Å². The molecule has 1 saturated heterocycles. The van der Waals surface area contributed by atoms with Crippen molar-refractivity contribution in [3.8, 4) is 11.5 Å². The first-order valence-corrected chi connectivity index (χ1v) is 7.63. The van der Waals surface area contributed by atoms with Gasteiger partial charge in [0.1, 0.15) is 5.82 Å². The van der Waals surface area contributed by atoms with Gasteiger partial charge in [-0.3, -0.25) is 9.78 Å². The topological polar surface area (TPSA) is 64.6 Å². The summed E-state index contributed by atoms with van der Waals surface area (Å²) >= 11 is 0. The van der Waals surface area contributed by atoms with E-state index in [1.54, 1.807) is 37.8 Å². The zero-order valence-corrected chi connectivity index (χ0v) is 13.0. The molecule has 6 heteroatoms. The van der Waals surface area contributed by atoms with Crippen LogP contribution in [0.4, 0.5) is 5.82 Å². The van der Waals surface area contributed by atoms with Gasteiger partial charge in [-0.1, -0.05) is 12.1 Å². The van der Waals surface area contributed by atoms with Crippen LogP contribution in [0.3, 0.4) is 0 Å². The highest BCUT2D eigenvalue weighted by Crippen LogP contribution is 2.28. The van der Waals surface area contributed by atoms with Crippen molar-refractivity contribution in [3.05, 3.63) is 42.9 Å². The van der Waals surface area contributed by atoms with Crippen molar-refractivity contribution in [2.24, 2.45) is 5.92 Å². The zero-order valence-electron chi connectivity index (χ0n) is 13.0. The Labute approximate surface area is 135 Å². The number of carbonyl (C=O) groups excluding carboxylic acids is 1. The molecule has 2 heterocycles. The van der Waals surface area contributed by atoms with E-state index in [4.69, 9.17) is 9.47 Å². The lowest BCUT2D eigenvalue weighted by atomic mass is 9.98. The van der Waals surface area contributed by atoms with E-state index in [-0.39, 0.29) is 11.9 Å². The molecule has 0 bridgehead atoms. The smallest absolute Gasteiger partial charge is 0.316 e. The van der Waals surface area contributed by atoms with Gasteiger partial charge < -0.3 is 14.4 Å². The van der Waals surface area contributed by atoms with E-state index >= 15 is 0 Å². The Morgan fingerprint density at radius 2 is 2.09 bits per heavy atom. The summed E-state index contributed by atoms with van der Waals surface area (Å²) in [7, 11) is 1.56. The van der Waals surface area contributed by atoms with E-state index in [2.05, 4.69) is 14.9 Å². The van der Waals surface area contributed by atoms with Crippen LogP contribution in [-0.4, -0.2) is 36.1 Å². The number of carbonyl (C=O) groups is 1. The average Bonchev–Trinajstić information content (AvgIpc) is 2.63. The van der Waals surface area contributed by atoms with E-state index in [1.165, 1.54) is 0 Å². The van der Waals surface area contributed by atoms with Crippen molar-refractivity contribution in [1.29, 1.82) is 0 Å². The third-order valence-corrected chi connectivity index (χ3v) is 3.91. The number of esters is 1. The maximum atomic E-state index is 12.5. The number of ether oxygens (including phenoxy) is 2. The number of benzene rings is 1. The van der Waals surface area contributed by atoms with Crippen LogP contribution in [0.1, 0.15) is 12.8 Å². The molecule has 120 valence electrons. The maximum absolute atomic E-state index is 12.5. The first-order valence-electron chi connectivity index (χ1n) is 7.63. The molecule has 1 aromatic carbocycles. The monoisotopic (exact) mass is 313 g/mol. The predicted molar refractivity (Wildman–Crippen MR) is 85.6 cm³/mol. The van der Waals surface area contributed by atoms with E-state index in [1.807, 2.05) is 12.1 Å². The zero-order chi connectivity index (χ0) is 16.1. The Morgan fingerprint density at radius 3 is 2.83 bits per heavy atom. The molecule has 0 aliphatic carbocycles. The highest BCUT2D eigenvalue weighted by atomic mass is 16.6. The molecule has 1 atom stereocenters. The van der Waals surface area contributed by atoms with Crippen LogP contribution in [0, 0.1) is 5.92 Å². The molecule has 1 unspecified atom stereocenters. The number of piperidine rings is 1. The molecule has 0 amide bonds. The quantitative estimate of drug-likeness (QED) is 0.637. The number of nitrogens with zero attached hydrogens (tertiary/aromatic N) is 3. The molecule has 2 aromatic rings. The second kappa shape index (κ2) is 7.09. The van der Waals surface area contributed by atoms with E-state index in [0.29, 0.717) is 18.0 Å². The van der Waals surface area contributed by atoms with Gasteiger partial charge in [0.25, 0.3) is 0 Å². The fourth-order valence-corrected chi connectivity index (χ4v) is 2.73. The van der Waals surface area contributed by atoms with Crippen LogP contribution in [0.25, 0.3) is 0 Å². The van der Waals surface area contributed by atoms with Gasteiger partial charge in [0.05, 0.1) is 19.2 Å². The van der Waals surface area contributed by atoms with Crippen LogP contribution in [0.15, 0.2) is 42.9 Å². The average molecular weight is 313 g/mol. The van der Waals surface area contributed by atoms with Crippen LogP contribution < -0.4 is 14.4 Å². The number of rotatable bonds is 4. The van der Waals surface area contributed by atoms with Crippen LogP contribution in [-0.2, 0) is 4.79 Å². The Morgan fingerprint density at radius 1 is 1.26 bits per heavy atom. The molecule has 1 fully saturated rings. The molecule has 23 heavy (non-hydrogen) atoms. The van der Waals surface area contributed by atoms with Crippen LogP contribution in [0.2, 0.25) is 0 Å². The molecule has 0 saturated carbocycles. The number of methoxy groups -OCH3 is 1. The van der Waals surface area contributed by atoms with Gasteiger partial charge in [0.2, 0.25) is 0 Å². The fraction of sp³-hybridized carbons (Fsp3) is 0.353. The highest BCUT2D eigenvalue weighted by molar-refractivity contribution is 5.76. The Balaban J connectivity index is 1.68. The molecule has 0 radical (unpaired) electrons. The lowest BCUT2D eigenvalue weighted by Crippen LogP contribution is -2.40. The van der Waals surface area contributed by atoms with Crippen molar-refractivity contribution in [2.45, 2.75) is 12.8 Å². The molecule has 3 rings (SSSR count). The molecule has 6 nitrogen and oxygen atoms in total. The van der Waals surface area contributed by atoms with Crippen molar-refractivity contribution < 1.29 is 14.3 Å². The van der Waals surface area contributed by atoms with Crippen LogP contribution in [0.5, 0.6) is 11.5 Å².